The third kappa shape index (κ3) is 2.58. The van der Waals surface area contributed by atoms with E-state index in [0.717, 1.165) is 39.9 Å². The van der Waals surface area contributed by atoms with E-state index < -0.39 is 0 Å². The molecule has 0 aliphatic heterocycles. The van der Waals surface area contributed by atoms with E-state index in [2.05, 4.69) is 27.0 Å². The highest BCUT2D eigenvalue weighted by atomic mass is 79.9. The number of hydrogen-bond acceptors (Lipinski definition) is 3. The molecule has 1 aliphatic rings. The number of halogens is 1. The first-order valence-electron chi connectivity index (χ1n) is 6.83. The van der Waals surface area contributed by atoms with Crippen LogP contribution in [-0.4, -0.2) is 4.98 Å². The van der Waals surface area contributed by atoms with Gasteiger partial charge in [0.2, 0.25) is 5.88 Å². The number of nitrogens with two attached hydrogens (primary N) is 1. The molecule has 104 valence electrons. The van der Waals surface area contributed by atoms with Gasteiger partial charge in [-0.15, -0.1) is 0 Å². The summed E-state index contributed by atoms with van der Waals surface area (Å²) in [5.74, 6) is 1.48. The van der Waals surface area contributed by atoms with Crippen molar-refractivity contribution in [1.29, 1.82) is 0 Å². The number of ether oxygens (including phenoxy) is 1. The Morgan fingerprint density at radius 2 is 2.15 bits per heavy atom. The lowest BCUT2D eigenvalue weighted by molar-refractivity contribution is 0.451. The fourth-order valence-electron chi connectivity index (χ4n) is 2.57. The standard InChI is InChI=1S/C16H17BrN2O/c1-10-7-13(17)5-6-15(10)20-16-12(9-18)8-11-3-2-4-14(11)19-16/h5-8H,2-4,9,18H2,1H3. The molecule has 20 heavy (non-hydrogen) atoms. The minimum atomic E-state index is 0.450. The second-order valence-corrected chi connectivity index (χ2v) is 6.04. The Morgan fingerprint density at radius 3 is 2.90 bits per heavy atom. The van der Waals surface area contributed by atoms with E-state index in [9.17, 15) is 0 Å². The number of fused-ring (bicyclic) bond motifs is 1. The van der Waals surface area contributed by atoms with Gasteiger partial charge in [0, 0.05) is 22.3 Å². The molecule has 3 nitrogen and oxygen atoms in total. The molecule has 0 fully saturated rings. The van der Waals surface area contributed by atoms with Crippen LogP contribution in [0.1, 0.15) is 28.8 Å². The van der Waals surface area contributed by atoms with Crippen LogP contribution in [0.25, 0.3) is 0 Å². The van der Waals surface area contributed by atoms with Crippen molar-refractivity contribution in [3.05, 3.63) is 51.1 Å². The quantitative estimate of drug-likeness (QED) is 0.927. The molecule has 0 spiro atoms. The fourth-order valence-corrected chi connectivity index (χ4v) is 3.04. The lowest BCUT2D eigenvalue weighted by Gasteiger charge is -2.13. The van der Waals surface area contributed by atoms with Crippen molar-refractivity contribution in [2.24, 2.45) is 5.73 Å². The molecule has 1 aliphatic carbocycles. The van der Waals surface area contributed by atoms with Crippen LogP contribution in [0.4, 0.5) is 0 Å². The van der Waals surface area contributed by atoms with Crippen molar-refractivity contribution in [3.63, 3.8) is 0 Å². The minimum absolute atomic E-state index is 0.450. The summed E-state index contributed by atoms with van der Waals surface area (Å²) in [7, 11) is 0. The summed E-state index contributed by atoms with van der Waals surface area (Å²) in [6, 6.07) is 8.11. The van der Waals surface area contributed by atoms with Gasteiger partial charge in [0.05, 0.1) is 0 Å². The minimum Gasteiger partial charge on any atom is -0.438 e. The van der Waals surface area contributed by atoms with Crippen LogP contribution >= 0.6 is 15.9 Å². The van der Waals surface area contributed by atoms with Gasteiger partial charge < -0.3 is 10.5 Å². The van der Waals surface area contributed by atoms with E-state index in [1.807, 2.05) is 25.1 Å². The third-order valence-electron chi connectivity index (χ3n) is 3.65. The van der Waals surface area contributed by atoms with Gasteiger partial charge >= 0.3 is 0 Å². The number of benzene rings is 1. The largest absolute Gasteiger partial charge is 0.438 e. The summed E-state index contributed by atoms with van der Waals surface area (Å²) in [4.78, 5) is 4.67. The summed E-state index contributed by atoms with van der Waals surface area (Å²) in [6.45, 7) is 2.47. The number of rotatable bonds is 3. The first-order valence-corrected chi connectivity index (χ1v) is 7.62. The summed E-state index contributed by atoms with van der Waals surface area (Å²) >= 11 is 3.46. The summed E-state index contributed by atoms with van der Waals surface area (Å²) in [5, 5.41) is 0. The highest BCUT2D eigenvalue weighted by Gasteiger charge is 2.17. The predicted octanol–water partition coefficient (Wildman–Crippen LogP) is 3.89. The van der Waals surface area contributed by atoms with Gasteiger partial charge in [-0.25, -0.2) is 4.98 Å². The molecule has 2 N–H and O–H groups in total. The van der Waals surface area contributed by atoms with Crippen LogP contribution in [0.2, 0.25) is 0 Å². The predicted molar refractivity (Wildman–Crippen MR) is 83.1 cm³/mol. The maximum absolute atomic E-state index is 6.00. The number of aromatic nitrogens is 1. The number of nitrogens with zero attached hydrogens (tertiary/aromatic N) is 1. The van der Waals surface area contributed by atoms with Crippen molar-refractivity contribution in [2.75, 3.05) is 0 Å². The maximum Gasteiger partial charge on any atom is 0.223 e. The smallest absolute Gasteiger partial charge is 0.223 e. The summed E-state index contributed by atoms with van der Waals surface area (Å²) in [5.41, 5.74) is 10.4. The van der Waals surface area contributed by atoms with Crippen molar-refractivity contribution in [1.82, 2.24) is 4.98 Å². The highest BCUT2D eigenvalue weighted by molar-refractivity contribution is 9.10. The molecule has 1 aromatic heterocycles. The molecule has 0 bridgehead atoms. The SMILES string of the molecule is Cc1cc(Br)ccc1Oc1nc2c(cc1CN)CCC2. The zero-order valence-electron chi connectivity index (χ0n) is 11.4. The Morgan fingerprint density at radius 1 is 1.30 bits per heavy atom. The van der Waals surface area contributed by atoms with Crippen molar-refractivity contribution in [3.8, 4) is 11.6 Å². The molecular weight excluding hydrogens is 316 g/mol. The Balaban J connectivity index is 1.97. The lowest BCUT2D eigenvalue weighted by Crippen LogP contribution is -2.04. The Bertz CT molecular complexity index is 655. The van der Waals surface area contributed by atoms with E-state index in [-0.39, 0.29) is 0 Å². The molecule has 0 unspecified atom stereocenters. The van der Waals surface area contributed by atoms with Crippen LogP contribution in [0, 0.1) is 6.92 Å². The number of pyridine rings is 1. The maximum atomic E-state index is 6.00. The van der Waals surface area contributed by atoms with E-state index in [1.165, 1.54) is 12.0 Å². The second-order valence-electron chi connectivity index (χ2n) is 5.13. The molecule has 1 aromatic carbocycles. The van der Waals surface area contributed by atoms with Crippen LogP contribution in [-0.2, 0) is 19.4 Å². The summed E-state index contributed by atoms with van der Waals surface area (Å²) < 4.78 is 7.04. The van der Waals surface area contributed by atoms with Crippen LogP contribution in [0.15, 0.2) is 28.7 Å². The normalized spacial score (nSPS) is 13.3. The van der Waals surface area contributed by atoms with Crippen LogP contribution in [0.3, 0.4) is 0 Å². The topological polar surface area (TPSA) is 48.1 Å². The molecular formula is C16H17BrN2O. The van der Waals surface area contributed by atoms with Gasteiger partial charge in [-0.1, -0.05) is 15.9 Å². The molecule has 0 radical (unpaired) electrons. The van der Waals surface area contributed by atoms with Gasteiger partial charge in [0.15, 0.2) is 0 Å². The molecule has 4 heteroatoms. The highest BCUT2D eigenvalue weighted by Crippen LogP contribution is 2.31. The van der Waals surface area contributed by atoms with E-state index in [4.69, 9.17) is 10.5 Å². The average molecular weight is 333 g/mol. The third-order valence-corrected chi connectivity index (χ3v) is 4.15. The van der Waals surface area contributed by atoms with E-state index in [1.54, 1.807) is 0 Å². The van der Waals surface area contributed by atoms with Gasteiger partial charge in [-0.05, 0) is 61.6 Å². The monoisotopic (exact) mass is 332 g/mol. The van der Waals surface area contributed by atoms with Gasteiger partial charge in [0.25, 0.3) is 0 Å². The number of hydrogen-bond donors (Lipinski definition) is 1. The van der Waals surface area contributed by atoms with Crippen molar-refractivity contribution < 1.29 is 4.74 Å². The molecule has 2 aromatic rings. The van der Waals surface area contributed by atoms with E-state index >= 15 is 0 Å². The first kappa shape index (κ1) is 13.6. The number of aryl methyl sites for hydroxylation is 3. The zero-order valence-corrected chi connectivity index (χ0v) is 13.0. The van der Waals surface area contributed by atoms with Crippen molar-refractivity contribution in [2.45, 2.75) is 32.7 Å². The zero-order chi connectivity index (χ0) is 14.1. The molecule has 1 heterocycles. The molecule has 0 saturated heterocycles. The first-order chi connectivity index (χ1) is 9.67. The molecule has 3 rings (SSSR count). The van der Waals surface area contributed by atoms with Gasteiger partial charge in [-0.2, -0.15) is 0 Å². The lowest BCUT2D eigenvalue weighted by atomic mass is 10.1. The Kier molecular flexibility index (Phi) is 3.76. The van der Waals surface area contributed by atoms with Crippen molar-refractivity contribution >= 4 is 15.9 Å². The summed E-state index contributed by atoms with van der Waals surface area (Å²) in [6.07, 6.45) is 3.32. The van der Waals surface area contributed by atoms with Crippen LogP contribution < -0.4 is 10.5 Å². The fraction of sp³-hybridized carbons (Fsp3) is 0.312. The molecule has 0 atom stereocenters. The van der Waals surface area contributed by atoms with Gasteiger partial charge in [-0.3, -0.25) is 0 Å². The Labute approximate surface area is 127 Å². The van der Waals surface area contributed by atoms with Gasteiger partial charge in [0.1, 0.15) is 5.75 Å². The molecule has 0 saturated carbocycles. The average Bonchev–Trinajstić information content (AvgIpc) is 2.88. The second kappa shape index (κ2) is 5.54. The Hall–Kier alpha value is -1.39. The van der Waals surface area contributed by atoms with Crippen LogP contribution in [0.5, 0.6) is 11.6 Å². The van der Waals surface area contributed by atoms with E-state index in [0.29, 0.717) is 12.4 Å². The molecule has 0 amide bonds.